The number of aryl methyl sites for hydroxylation is 1. The van der Waals surface area contributed by atoms with E-state index in [1.165, 1.54) is 16.5 Å². The average Bonchev–Trinajstić information content (AvgIpc) is 3.55. The standard InChI is InChI=1S/C26H32N6O/c33-16-11-26(22-6-2-1-3-7-22,32-14-12-27-13-15-32)10-4-5-21-18-28-25-9-8-23(17-24(21)25)31-19-29-30-20-31/h1-3,6-9,17-20,27-28,33H,4-5,10-16H2. The van der Waals surface area contributed by atoms with Crippen LogP contribution in [-0.4, -0.2) is 62.5 Å². The van der Waals surface area contributed by atoms with Crippen molar-refractivity contribution < 1.29 is 5.11 Å². The number of hydrogen-bond donors (Lipinski definition) is 3. The predicted molar refractivity (Wildman–Crippen MR) is 130 cm³/mol. The molecule has 172 valence electrons. The molecule has 1 saturated heterocycles. The second kappa shape index (κ2) is 9.87. The van der Waals surface area contributed by atoms with Crippen molar-refractivity contribution in [3.05, 3.63) is 78.5 Å². The molecule has 1 atom stereocenters. The summed E-state index contributed by atoms with van der Waals surface area (Å²) >= 11 is 0. The van der Waals surface area contributed by atoms with Gasteiger partial charge in [0.05, 0.1) is 0 Å². The molecule has 2 aromatic heterocycles. The summed E-state index contributed by atoms with van der Waals surface area (Å²) in [7, 11) is 0. The number of aromatic amines is 1. The summed E-state index contributed by atoms with van der Waals surface area (Å²) in [4.78, 5) is 6.02. The molecule has 0 saturated carbocycles. The maximum Gasteiger partial charge on any atom is 0.123 e. The highest BCUT2D eigenvalue weighted by Gasteiger charge is 2.38. The predicted octanol–water partition coefficient (Wildman–Crippen LogP) is 3.25. The van der Waals surface area contributed by atoms with E-state index in [1.54, 1.807) is 12.7 Å². The molecule has 3 heterocycles. The third-order valence-corrected chi connectivity index (χ3v) is 7.06. The van der Waals surface area contributed by atoms with E-state index in [9.17, 15) is 5.11 Å². The fourth-order valence-corrected chi connectivity index (χ4v) is 5.38. The largest absolute Gasteiger partial charge is 0.396 e. The first-order valence-electron chi connectivity index (χ1n) is 11.9. The zero-order valence-electron chi connectivity index (χ0n) is 19.0. The number of aromatic nitrogens is 4. The van der Waals surface area contributed by atoms with Crippen LogP contribution < -0.4 is 5.32 Å². The lowest BCUT2D eigenvalue weighted by Gasteiger charge is -2.47. The number of benzene rings is 2. The Kier molecular flexibility index (Phi) is 6.53. The molecule has 0 amide bonds. The van der Waals surface area contributed by atoms with Gasteiger partial charge in [-0.25, -0.2) is 0 Å². The summed E-state index contributed by atoms with van der Waals surface area (Å²) in [5.41, 5.74) is 4.71. The number of hydrogen-bond acceptors (Lipinski definition) is 5. The molecule has 1 fully saturated rings. The van der Waals surface area contributed by atoms with Crippen molar-refractivity contribution >= 4 is 10.9 Å². The van der Waals surface area contributed by atoms with Crippen LogP contribution in [0.25, 0.3) is 16.6 Å². The molecule has 33 heavy (non-hydrogen) atoms. The Hall–Kier alpha value is -3.00. The number of aliphatic hydroxyl groups is 1. The minimum atomic E-state index is -0.141. The number of aliphatic hydroxyl groups excluding tert-OH is 1. The van der Waals surface area contributed by atoms with Gasteiger partial charge in [-0.05, 0) is 55.0 Å². The Bertz CT molecular complexity index is 1150. The van der Waals surface area contributed by atoms with E-state index in [0.29, 0.717) is 0 Å². The average molecular weight is 445 g/mol. The van der Waals surface area contributed by atoms with Gasteiger partial charge in [0.1, 0.15) is 12.7 Å². The van der Waals surface area contributed by atoms with E-state index in [0.717, 1.165) is 63.1 Å². The minimum absolute atomic E-state index is 0.141. The Morgan fingerprint density at radius 1 is 0.970 bits per heavy atom. The van der Waals surface area contributed by atoms with Gasteiger partial charge in [0.2, 0.25) is 0 Å². The van der Waals surface area contributed by atoms with Crippen molar-refractivity contribution in [2.24, 2.45) is 0 Å². The molecule has 0 aliphatic carbocycles. The Labute approximate surface area is 194 Å². The van der Waals surface area contributed by atoms with Crippen LogP contribution in [0.1, 0.15) is 30.4 Å². The molecule has 5 rings (SSSR count). The molecule has 4 aromatic rings. The van der Waals surface area contributed by atoms with Crippen LogP contribution in [0.5, 0.6) is 0 Å². The van der Waals surface area contributed by atoms with Crippen molar-refractivity contribution in [1.29, 1.82) is 0 Å². The first-order valence-corrected chi connectivity index (χ1v) is 11.9. The molecule has 7 heteroatoms. The second-order valence-electron chi connectivity index (χ2n) is 8.87. The number of nitrogens with one attached hydrogen (secondary N) is 2. The number of piperazine rings is 1. The van der Waals surface area contributed by atoms with Crippen LogP contribution in [0.3, 0.4) is 0 Å². The lowest BCUT2D eigenvalue weighted by atomic mass is 9.79. The summed E-state index contributed by atoms with van der Waals surface area (Å²) in [5, 5.41) is 22.7. The molecule has 0 bridgehead atoms. The van der Waals surface area contributed by atoms with Crippen LogP contribution in [-0.2, 0) is 12.0 Å². The summed E-state index contributed by atoms with van der Waals surface area (Å²) in [6.45, 7) is 4.19. The topological polar surface area (TPSA) is 82.0 Å². The Balaban J connectivity index is 1.39. The highest BCUT2D eigenvalue weighted by molar-refractivity contribution is 5.85. The molecule has 7 nitrogen and oxygen atoms in total. The van der Waals surface area contributed by atoms with Gasteiger partial charge in [-0.1, -0.05) is 30.3 Å². The van der Waals surface area contributed by atoms with Crippen molar-refractivity contribution in [2.75, 3.05) is 32.8 Å². The second-order valence-corrected chi connectivity index (χ2v) is 8.87. The maximum absolute atomic E-state index is 10.1. The van der Waals surface area contributed by atoms with Gasteiger partial charge in [-0.15, -0.1) is 10.2 Å². The number of fused-ring (bicyclic) bond motifs is 1. The van der Waals surface area contributed by atoms with Crippen LogP contribution in [0.2, 0.25) is 0 Å². The van der Waals surface area contributed by atoms with Crippen LogP contribution in [0.15, 0.2) is 67.4 Å². The van der Waals surface area contributed by atoms with E-state index >= 15 is 0 Å². The third-order valence-electron chi connectivity index (χ3n) is 7.06. The van der Waals surface area contributed by atoms with Crippen molar-refractivity contribution in [2.45, 2.75) is 31.2 Å². The van der Waals surface area contributed by atoms with Gasteiger partial charge in [0, 0.05) is 61.1 Å². The quantitative estimate of drug-likeness (QED) is 0.369. The Morgan fingerprint density at radius 3 is 2.52 bits per heavy atom. The van der Waals surface area contributed by atoms with Crippen LogP contribution in [0, 0.1) is 0 Å². The molecule has 1 unspecified atom stereocenters. The third kappa shape index (κ3) is 4.44. The summed E-state index contributed by atoms with van der Waals surface area (Å²) < 4.78 is 1.93. The molecular weight excluding hydrogens is 412 g/mol. The first-order chi connectivity index (χ1) is 16.3. The summed E-state index contributed by atoms with van der Waals surface area (Å²) in [5.74, 6) is 0. The number of rotatable bonds is 9. The van der Waals surface area contributed by atoms with E-state index < -0.39 is 0 Å². The van der Waals surface area contributed by atoms with Crippen LogP contribution >= 0.6 is 0 Å². The molecule has 2 aromatic carbocycles. The van der Waals surface area contributed by atoms with Crippen molar-refractivity contribution in [3.8, 4) is 5.69 Å². The zero-order chi connectivity index (χ0) is 22.5. The SMILES string of the molecule is OCCC(CCCc1c[nH]c2ccc(-n3cnnc3)cc12)(c1ccccc1)N1CCNCC1. The van der Waals surface area contributed by atoms with E-state index in [1.807, 2.05) is 4.57 Å². The highest BCUT2D eigenvalue weighted by atomic mass is 16.3. The van der Waals surface area contributed by atoms with Gasteiger partial charge in [0.25, 0.3) is 0 Å². The molecule has 1 aliphatic rings. The summed E-state index contributed by atoms with van der Waals surface area (Å²) in [6, 6.07) is 17.2. The van der Waals surface area contributed by atoms with Gasteiger partial charge in [0.15, 0.2) is 0 Å². The fourth-order valence-electron chi connectivity index (χ4n) is 5.38. The molecule has 1 aliphatic heterocycles. The van der Waals surface area contributed by atoms with Gasteiger partial charge in [-0.2, -0.15) is 0 Å². The highest BCUT2D eigenvalue weighted by Crippen LogP contribution is 2.38. The van der Waals surface area contributed by atoms with E-state index in [-0.39, 0.29) is 12.1 Å². The van der Waals surface area contributed by atoms with Crippen molar-refractivity contribution in [1.82, 2.24) is 30.0 Å². The van der Waals surface area contributed by atoms with E-state index in [4.69, 9.17) is 0 Å². The van der Waals surface area contributed by atoms with Gasteiger partial charge >= 0.3 is 0 Å². The van der Waals surface area contributed by atoms with Crippen molar-refractivity contribution in [3.63, 3.8) is 0 Å². The van der Waals surface area contributed by atoms with Gasteiger partial charge in [-0.3, -0.25) is 9.47 Å². The van der Waals surface area contributed by atoms with Crippen LogP contribution in [0.4, 0.5) is 0 Å². The minimum Gasteiger partial charge on any atom is -0.396 e. The monoisotopic (exact) mass is 444 g/mol. The molecule has 0 radical (unpaired) electrons. The normalized spacial score (nSPS) is 16.8. The Morgan fingerprint density at radius 2 is 1.76 bits per heavy atom. The lowest BCUT2D eigenvalue weighted by Crippen LogP contribution is -2.55. The smallest absolute Gasteiger partial charge is 0.123 e. The fraction of sp³-hybridized carbons (Fsp3) is 0.385. The molecule has 3 N–H and O–H groups in total. The number of nitrogens with zero attached hydrogens (tertiary/aromatic N) is 4. The number of H-pyrrole nitrogens is 1. The maximum atomic E-state index is 10.1. The molecule has 0 spiro atoms. The zero-order valence-corrected chi connectivity index (χ0v) is 19.0. The molecular formula is C26H32N6O. The van der Waals surface area contributed by atoms with E-state index in [2.05, 4.69) is 80.1 Å². The summed E-state index contributed by atoms with van der Waals surface area (Å²) in [6.07, 6.45) is 9.38. The first kappa shape index (κ1) is 21.8. The van der Waals surface area contributed by atoms with Gasteiger partial charge < -0.3 is 15.4 Å². The lowest BCUT2D eigenvalue weighted by molar-refractivity contribution is 0.0366.